The first kappa shape index (κ1) is 18.8. The number of carbonyl (C=O) groups excluding carboxylic acids is 1. The first-order valence-corrected chi connectivity index (χ1v) is 9.89. The van der Waals surface area contributed by atoms with E-state index in [2.05, 4.69) is 10.2 Å². The highest BCUT2D eigenvalue weighted by Crippen LogP contribution is 2.48. The summed E-state index contributed by atoms with van der Waals surface area (Å²) in [7, 11) is 4.79. The van der Waals surface area contributed by atoms with Crippen molar-refractivity contribution < 1.29 is 23.7 Å². The number of thiazole rings is 1. The van der Waals surface area contributed by atoms with Crippen molar-refractivity contribution in [3.63, 3.8) is 0 Å². The maximum atomic E-state index is 12.4. The van der Waals surface area contributed by atoms with E-state index in [1.165, 1.54) is 0 Å². The SMILES string of the molecule is COc1cc(OC)c(C2CC(=O)Nc3nc(N4CCOCC4)sc32)cc1OC. The minimum atomic E-state index is -0.161. The summed E-state index contributed by atoms with van der Waals surface area (Å²) in [5, 5.41) is 3.82. The van der Waals surface area contributed by atoms with Crippen LogP contribution in [0.5, 0.6) is 17.2 Å². The van der Waals surface area contributed by atoms with E-state index in [0.717, 1.165) is 28.7 Å². The molecule has 1 atom stereocenters. The maximum Gasteiger partial charge on any atom is 0.226 e. The minimum Gasteiger partial charge on any atom is -0.496 e. The van der Waals surface area contributed by atoms with Gasteiger partial charge in [-0.2, -0.15) is 0 Å². The number of fused-ring (bicyclic) bond motifs is 1. The van der Waals surface area contributed by atoms with Crippen LogP contribution in [0.3, 0.4) is 0 Å². The third-order valence-corrected chi connectivity index (χ3v) is 6.23. The molecule has 0 radical (unpaired) electrons. The molecule has 1 aromatic heterocycles. The van der Waals surface area contributed by atoms with Gasteiger partial charge in [0.25, 0.3) is 0 Å². The van der Waals surface area contributed by atoms with Crippen LogP contribution in [0.1, 0.15) is 22.8 Å². The Morgan fingerprint density at radius 2 is 1.79 bits per heavy atom. The average molecular weight is 405 g/mol. The largest absolute Gasteiger partial charge is 0.496 e. The highest BCUT2D eigenvalue weighted by molar-refractivity contribution is 7.16. The molecule has 1 unspecified atom stereocenters. The van der Waals surface area contributed by atoms with Gasteiger partial charge in [0.05, 0.1) is 39.4 Å². The summed E-state index contributed by atoms with van der Waals surface area (Å²) in [5.74, 6) is 2.25. The Morgan fingerprint density at radius 1 is 1.11 bits per heavy atom. The standard InChI is InChI=1S/C19H23N3O5S/c1-24-13-10-15(26-3)14(25-2)8-11(13)12-9-16(23)20-18-17(12)28-19(21-18)22-4-6-27-7-5-22/h8,10,12H,4-7,9H2,1-3H3,(H,20,23). The molecule has 0 aliphatic carbocycles. The lowest BCUT2D eigenvalue weighted by molar-refractivity contribution is -0.116. The second kappa shape index (κ2) is 7.84. The summed E-state index contributed by atoms with van der Waals surface area (Å²) >= 11 is 1.61. The van der Waals surface area contributed by atoms with Gasteiger partial charge in [-0.1, -0.05) is 11.3 Å². The van der Waals surface area contributed by atoms with Crippen LogP contribution in [0.2, 0.25) is 0 Å². The summed E-state index contributed by atoms with van der Waals surface area (Å²) in [6.45, 7) is 2.96. The number of nitrogens with one attached hydrogen (secondary N) is 1. The van der Waals surface area contributed by atoms with Gasteiger partial charge in [0, 0.05) is 37.1 Å². The quantitative estimate of drug-likeness (QED) is 0.818. The molecule has 1 amide bonds. The molecule has 8 nitrogen and oxygen atoms in total. The third kappa shape index (κ3) is 3.35. The Labute approximate surface area is 167 Å². The molecule has 0 spiro atoms. The van der Waals surface area contributed by atoms with Crippen LogP contribution < -0.4 is 24.4 Å². The van der Waals surface area contributed by atoms with Crippen molar-refractivity contribution in [2.75, 3.05) is 57.8 Å². The van der Waals surface area contributed by atoms with E-state index in [1.807, 2.05) is 6.07 Å². The Morgan fingerprint density at radius 3 is 2.46 bits per heavy atom. The number of nitrogens with zero attached hydrogens (tertiary/aromatic N) is 2. The number of hydrogen-bond donors (Lipinski definition) is 1. The fraction of sp³-hybridized carbons (Fsp3) is 0.474. The van der Waals surface area contributed by atoms with Crippen LogP contribution in [-0.4, -0.2) is 58.5 Å². The molecule has 4 rings (SSSR count). The Bertz CT molecular complexity index is 879. The van der Waals surface area contributed by atoms with Crippen LogP contribution in [0.25, 0.3) is 0 Å². The van der Waals surface area contributed by atoms with Gasteiger partial charge in [0.1, 0.15) is 11.6 Å². The minimum absolute atomic E-state index is 0.0619. The normalized spacial score (nSPS) is 19.0. The number of benzene rings is 1. The molecule has 0 bridgehead atoms. The zero-order chi connectivity index (χ0) is 19.7. The predicted molar refractivity (Wildman–Crippen MR) is 106 cm³/mol. The van der Waals surface area contributed by atoms with Crippen LogP contribution in [0.15, 0.2) is 12.1 Å². The Kier molecular flexibility index (Phi) is 5.27. The van der Waals surface area contributed by atoms with Crippen molar-refractivity contribution in [1.82, 2.24) is 4.98 Å². The molecule has 2 aromatic rings. The average Bonchev–Trinajstić information content (AvgIpc) is 3.16. The molecule has 1 fully saturated rings. The van der Waals surface area contributed by atoms with Gasteiger partial charge in [-0.3, -0.25) is 4.79 Å². The molecular weight excluding hydrogens is 382 g/mol. The van der Waals surface area contributed by atoms with Crippen molar-refractivity contribution in [3.8, 4) is 17.2 Å². The summed E-state index contributed by atoms with van der Waals surface area (Å²) in [5.41, 5.74) is 0.883. The fourth-order valence-corrected chi connectivity index (χ4v) is 4.76. The molecule has 3 heterocycles. The number of anilines is 2. The van der Waals surface area contributed by atoms with Crippen LogP contribution in [0.4, 0.5) is 10.9 Å². The van der Waals surface area contributed by atoms with Crippen molar-refractivity contribution in [2.45, 2.75) is 12.3 Å². The number of methoxy groups -OCH3 is 3. The molecule has 9 heteroatoms. The van der Waals surface area contributed by atoms with E-state index in [1.54, 1.807) is 38.7 Å². The van der Waals surface area contributed by atoms with Crippen LogP contribution in [-0.2, 0) is 9.53 Å². The molecule has 1 saturated heterocycles. The highest BCUT2D eigenvalue weighted by atomic mass is 32.1. The van der Waals surface area contributed by atoms with Gasteiger partial charge < -0.3 is 29.2 Å². The molecule has 2 aliphatic rings. The monoisotopic (exact) mass is 405 g/mol. The summed E-state index contributed by atoms with van der Waals surface area (Å²) in [4.78, 5) is 20.3. The van der Waals surface area contributed by atoms with E-state index in [0.29, 0.717) is 42.7 Å². The molecule has 0 saturated carbocycles. The molecule has 150 valence electrons. The number of morpholine rings is 1. The van der Waals surface area contributed by atoms with Gasteiger partial charge in [-0.25, -0.2) is 4.98 Å². The number of rotatable bonds is 5. The lowest BCUT2D eigenvalue weighted by Crippen LogP contribution is -2.36. The van der Waals surface area contributed by atoms with Gasteiger partial charge in [-0.05, 0) is 6.07 Å². The Balaban J connectivity index is 1.77. The Hall–Kier alpha value is -2.52. The number of ether oxygens (including phenoxy) is 4. The predicted octanol–water partition coefficient (Wildman–Crippen LogP) is 2.48. The molecule has 1 N–H and O–H groups in total. The van der Waals surface area contributed by atoms with E-state index < -0.39 is 0 Å². The number of carbonyl (C=O) groups is 1. The highest BCUT2D eigenvalue weighted by Gasteiger charge is 2.34. The zero-order valence-corrected chi connectivity index (χ0v) is 16.9. The summed E-state index contributed by atoms with van der Waals surface area (Å²) in [6.07, 6.45) is 0.323. The third-order valence-electron chi connectivity index (χ3n) is 5.00. The number of hydrogen-bond acceptors (Lipinski definition) is 8. The lowest BCUT2D eigenvalue weighted by atomic mass is 9.90. The van der Waals surface area contributed by atoms with E-state index >= 15 is 0 Å². The molecule has 28 heavy (non-hydrogen) atoms. The number of amides is 1. The second-order valence-corrected chi connectivity index (χ2v) is 7.57. The summed E-state index contributed by atoms with van der Waals surface area (Å²) < 4.78 is 21.9. The molecule has 2 aliphatic heterocycles. The van der Waals surface area contributed by atoms with Crippen molar-refractivity contribution in [3.05, 3.63) is 22.6 Å². The smallest absolute Gasteiger partial charge is 0.226 e. The maximum absolute atomic E-state index is 12.4. The van der Waals surface area contributed by atoms with E-state index in [4.69, 9.17) is 23.9 Å². The van der Waals surface area contributed by atoms with Crippen molar-refractivity contribution in [2.24, 2.45) is 0 Å². The van der Waals surface area contributed by atoms with Crippen molar-refractivity contribution >= 4 is 28.2 Å². The number of aromatic nitrogens is 1. The lowest BCUT2D eigenvalue weighted by Gasteiger charge is -2.26. The van der Waals surface area contributed by atoms with Crippen LogP contribution in [0, 0.1) is 0 Å². The topological polar surface area (TPSA) is 82.2 Å². The van der Waals surface area contributed by atoms with Gasteiger partial charge in [-0.15, -0.1) is 0 Å². The summed E-state index contributed by atoms with van der Waals surface area (Å²) in [6, 6.07) is 3.68. The van der Waals surface area contributed by atoms with Gasteiger partial charge in [0.15, 0.2) is 16.6 Å². The van der Waals surface area contributed by atoms with E-state index in [-0.39, 0.29) is 11.8 Å². The first-order chi connectivity index (χ1) is 13.6. The van der Waals surface area contributed by atoms with E-state index in [9.17, 15) is 4.79 Å². The van der Waals surface area contributed by atoms with Gasteiger partial charge >= 0.3 is 0 Å². The second-order valence-electron chi connectivity index (χ2n) is 6.56. The van der Waals surface area contributed by atoms with Crippen molar-refractivity contribution in [1.29, 1.82) is 0 Å². The van der Waals surface area contributed by atoms with Crippen LogP contribution >= 0.6 is 11.3 Å². The molecular formula is C19H23N3O5S. The molecule has 1 aromatic carbocycles. The zero-order valence-electron chi connectivity index (χ0n) is 16.1. The first-order valence-electron chi connectivity index (χ1n) is 9.07. The fourth-order valence-electron chi connectivity index (χ4n) is 3.57. The van der Waals surface area contributed by atoms with Gasteiger partial charge in [0.2, 0.25) is 5.91 Å².